The molecule has 1 heterocycles. The quantitative estimate of drug-likeness (QED) is 0.313. The van der Waals surface area contributed by atoms with Crippen molar-refractivity contribution in [3.05, 3.63) is 76.5 Å². The van der Waals surface area contributed by atoms with Crippen molar-refractivity contribution in [2.75, 3.05) is 31.5 Å². The first-order valence-electron chi connectivity index (χ1n) is 9.29. The second kappa shape index (κ2) is 9.38. The van der Waals surface area contributed by atoms with Crippen molar-refractivity contribution in [3.8, 4) is 6.07 Å². The van der Waals surface area contributed by atoms with E-state index in [2.05, 4.69) is 5.32 Å². The summed E-state index contributed by atoms with van der Waals surface area (Å²) < 4.78 is 26.7. The summed E-state index contributed by atoms with van der Waals surface area (Å²) in [5.41, 5.74) is -0.539. The van der Waals surface area contributed by atoms with E-state index in [4.69, 9.17) is 0 Å². The van der Waals surface area contributed by atoms with E-state index in [1.807, 2.05) is 0 Å². The summed E-state index contributed by atoms with van der Waals surface area (Å²) in [6.45, 7) is 0.961. The van der Waals surface area contributed by atoms with Gasteiger partial charge in [-0.2, -0.15) is 9.57 Å². The number of hydrogen-bond donors (Lipinski definition) is 1. The number of nitrogens with zero attached hydrogens (tertiary/aromatic N) is 4. The second-order valence-corrected chi connectivity index (χ2v) is 8.57. The summed E-state index contributed by atoms with van der Waals surface area (Å²) in [4.78, 5) is 24.8. The number of rotatable bonds is 6. The molecule has 0 saturated carbocycles. The molecule has 1 fully saturated rings. The lowest BCUT2D eigenvalue weighted by Gasteiger charge is -2.33. The Hall–Kier alpha value is -3.75. The summed E-state index contributed by atoms with van der Waals surface area (Å²) in [6.07, 6.45) is 1.34. The van der Waals surface area contributed by atoms with Gasteiger partial charge in [0.25, 0.3) is 11.6 Å². The number of hydrogen-bond acceptors (Lipinski definition) is 7. The van der Waals surface area contributed by atoms with Gasteiger partial charge in [-0.1, -0.05) is 30.3 Å². The first-order valence-corrected chi connectivity index (χ1v) is 10.7. The van der Waals surface area contributed by atoms with E-state index in [1.165, 1.54) is 46.9 Å². The van der Waals surface area contributed by atoms with E-state index >= 15 is 0 Å². The topological polar surface area (TPSA) is 137 Å². The van der Waals surface area contributed by atoms with Crippen LogP contribution in [0.3, 0.4) is 0 Å². The number of nitriles is 1. The Bertz CT molecular complexity index is 1150. The molecule has 1 amide bonds. The number of carbonyl (C=O) groups excluding carboxylic acids is 1. The highest BCUT2D eigenvalue weighted by molar-refractivity contribution is 7.89. The lowest BCUT2D eigenvalue weighted by atomic mass is 10.2. The Morgan fingerprint density at radius 2 is 1.68 bits per heavy atom. The van der Waals surface area contributed by atoms with Crippen LogP contribution in [0.5, 0.6) is 0 Å². The normalized spacial score (nSPS) is 15.2. The lowest BCUT2D eigenvalue weighted by Crippen LogP contribution is -2.46. The first-order chi connectivity index (χ1) is 14.8. The molecule has 1 N–H and O–H groups in total. The number of para-hydroxylation sites is 2. The van der Waals surface area contributed by atoms with E-state index in [0.29, 0.717) is 0 Å². The van der Waals surface area contributed by atoms with Crippen molar-refractivity contribution >= 4 is 27.3 Å². The Labute approximate surface area is 179 Å². The maximum Gasteiger partial charge on any atom is 0.292 e. The molecule has 2 aromatic carbocycles. The van der Waals surface area contributed by atoms with Gasteiger partial charge in [-0.15, -0.1) is 0 Å². The molecule has 31 heavy (non-hydrogen) atoms. The van der Waals surface area contributed by atoms with Crippen LogP contribution in [0.15, 0.2) is 71.3 Å². The van der Waals surface area contributed by atoms with Crippen molar-refractivity contribution in [1.82, 2.24) is 9.21 Å². The zero-order chi connectivity index (χ0) is 22.4. The number of nitrogens with one attached hydrogen (secondary N) is 1. The van der Waals surface area contributed by atoms with Gasteiger partial charge in [-0.25, -0.2) is 8.42 Å². The van der Waals surface area contributed by atoms with Gasteiger partial charge in [0.1, 0.15) is 17.3 Å². The maximum atomic E-state index is 12.7. The molecule has 1 saturated heterocycles. The van der Waals surface area contributed by atoms with E-state index in [9.17, 15) is 28.6 Å². The van der Waals surface area contributed by atoms with Crippen molar-refractivity contribution in [1.29, 1.82) is 5.26 Å². The van der Waals surface area contributed by atoms with E-state index in [0.717, 1.165) is 0 Å². The Balaban J connectivity index is 1.67. The molecule has 1 aliphatic heterocycles. The number of sulfonamides is 1. The average Bonchev–Trinajstić information content (AvgIpc) is 2.78. The summed E-state index contributed by atoms with van der Waals surface area (Å²) in [5.74, 6) is -0.781. The average molecular weight is 441 g/mol. The van der Waals surface area contributed by atoms with Gasteiger partial charge >= 0.3 is 0 Å². The minimum atomic E-state index is -3.61. The van der Waals surface area contributed by atoms with E-state index < -0.39 is 20.9 Å². The maximum absolute atomic E-state index is 12.7. The minimum Gasteiger partial charge on any atom is -0.373 e. The van der Waals surface area contributed by atoms with E-state index in [1.54, 1.807) is 29.2 Å². The SMILES string of the molecule is N#C/C(=C/N1CCN(S(=O)(=O)c2ccccc2)CC1)C(=O)Nc1ccccc1[N+](=O)[O-]. The number of amides is 1. The monoisotopic (exact) mass is 441 g/mol. The largest absolute Gasteiger partial charge is 0.373 e. The van der Waals surface area contributed by atoms with Crippen LogP contribution >= 0.6 is 0 Å². The fraction of sp³-hybridized carbons (Fsp3) is 0.200. The summed E-state index contributed by atoms with van der Waals surface area (Å²) in [6, 6.07) is 15.5. The first kappa shape index (κ1) is 21.9. The third-order valence-corrected chi connectivity index (χ3v) is 6.59. The number of piperazine rings is 1. The third-order valence-electron chi connectivity index (χ3n) is 4.68. The highest BCUT2D eigenvalue weighted by Crippen LogP contribution is 2.24. The van der Waals surface area contributed by atoms with Crippen LogP contribution in [0.4, 0.5) is 11.4 Å². The highest BCUT2D eigenvalue weighted by atomic mass is 32.2. The van der Waals surface area contributed by atoms with Crippen LogP contribution in [-0.4, -0.2) is 54.6 Å². The molecule has 0 atom stereocenters. The summed E-state index contributed by atoms with van der Waals surface area (Å²) in [5, 5.41) is 22.8. The van der Waals surface area contributed by atoms with Crippen LogP contribution in [0, 0.1) is 21.4 Å². The number of anilines is 1. The third kappa shape index (κ3) is 5.06. The van der Waals surface area contributed by atoms with Crippen molar-refractivity contribution in [3.63, 3.8) is 0 Å². The molecule has 10 nitrogen and oxygen atoms in total. The number of nitro benzene ring substituents is 1. The highest BCUT2D eigenvalue weighted by Gasteiger charge is 2.28. The molecule has 0 bridgehead atoms. The predicted octanol–water partition coefficient (Wildman–Crippen LogP) is 1.95. The number of carbonyl (C=O) groups is 1. The van der Waals surface area contributed by atoms with Gasteiger partial charge in [0.2, 0.25) is 10.0 Å². The molecule has 0 unspecified atom stereocenters. The molecule has 0 aromatic heterocycles. The summed E-state index contributed by atoms with van der Waals surface area (Å²) >= 11 is 0. The molecule has 1 aliphatic rings. The van der Waals surface area contributed by atoms with Crippen molar-refractivity contribution in [2.45, 2.75) is 4.90 Å². The lowest BCUT2D eigenvalue weighted by molar-refractivity contribution is -0.383. The predicted molar refractivity (Wildman–Crippen MR) is 112 cm³/mol. The van der Waals surface area contributed by atoms with Crippen molar-refractivity contribution in [2.24, 2.45) is 0 Å². The standard InChI is InChI=1S/C20H19N5O5S/c21-14-16(20(26)22-18-8-4-5-9-19(18)25(27)28)15-23-10-12-24(13-11-23)31(29,30)17-6-2-1-3-7-17/h1-9,15H,10-13H2,(H,22,26)/b16-15-. The number of nitro groups is 1. The Morgan fingerprint density at radius 1 is 1.06 bits per heavy atom. The molecule has 160 valence electrons. The minimum absolute atomic E-state index is 0.0163. The molecule has 11 heteroatoms. The zero-order valence-electron chi connectivity index (χ0n) is 16.3. The van der Waals surface area contributed by atoms with Crippen LogP contribution in [-0.2, 0) is 14.8 Å². The van der Waals surface area contributed by atoms with Gasteiger partial charge in [0.05, 0.1) is 9.82 Å². The molecule has 0 spiro atoms. The second-order valence-electron chi connectivity index (χ2n) is 6.64. The van der Waals surface area contributed by atoms with Gasteiger partial charge in [0, 0.05) is 38.4 Å². The summed E-state index contributed by atoms with van der Waals surface area (Å²) in [7, 11) is -3.61. The molecular formula is C20H19N5O5S. The van der Waals surface area contributed by atoms with Gasteiger partial charge in [-0.3, -0.25) is 14.9 Å². The van der Waals surface area contributed by atoms with Crippen LogP contribution in [0.1, 0.15) is 0 Å². The molecule has 0 aliphatic carbocycles. The van der Waals surface area contributed by atoms with Crippen LogP contribution in [0.2, 0.25) is 0 Å². The van der Waals surface area contributed by atoms with Crippen LogP contribution < -0.4 is 5.32 Å². The molecular weight excluding hydrogens is 422 g/mol. The van der Waals surface area contributed by atoms with Crippen LogP contribution in [0.25, 0.3) is 0 Å². The van der Waals surface area contributed by atoms with Gasteiger partial charge < -0.3 is 10.2 Å². The Kier molecular flexibility index (Phi) is 6.64. The fourth-order valence-electron chi connectivity index (χ4n) is 3.06. The van der Waals surface area contributed by atoms with Gasteiger partial charge in [0.15, 0.2) is 0 Å². The molecule has 3 rings (SSSR count). The van der Waals surface area contributed by atoms with E-state index in [-0.39, 0.29) is 48.0 Å². The zero-order valence-corrected chi connectivity index (χ0v) is 17.2. The fourth-order valence-corrected chi connectivity index (χ4v) is 4.51. The van der Waals surface area contributed by atoms with Gasteiger partial charge in [-0.05, 0) is 18.2 Å². The Morgan fingerprint density at radius 3 is 2.29 bits per heavy atom. The number of benzene rings is 2. The smallest absolute Gasteiger partial charge is 0.292 e. The molecule has 0 radical (unpaired) electrons. The molecule has 2 aromatic rings. The van der Waals surface area contributed by atoms with Crippen molar-refractivity contribution < 1.29 is 18.1 Å².